The number of rotatable bonds is 8. The first-order valence-corrected chi connectivity index (χ1v) is 5.83. The normalized spacial score (nSPS) is 10.9. The molecular weight excluding hydrogens is 264 g/mol. The highest BCUT2D eigenvalue weighted by Crippen LogP contribution is 1.98. The minimum absolute atomic E-state index is 0.0406. The molecule has 0 bridgehead atoms. The summed E-state index contributed by atoms with van der Waals surface area (Å²) in [4.78, 5) is 32.6. The van der Waals surface area contributed by atoms with Gasteiger partial charge in [0.1, 0.15) is 19.7 Å². The van der Waals surface area contributed by atoms with Crippen LogP contribution in [0.1, 0.15) is 6.92 Å². The van der Waals surface area contributed by atoms with Crippen molar-refractivity contribution in [3.05, 3.63) is 36.5 Å². The Morgan fingerprint density at radius 2 is 1.95 bits per heavy atom. The van der Waals surface area contributed by atoms with Crippen molar-refractivity contribution < 1.29 is 24.2 Å². The van der Waals surface area contributed by atoms with Gasteiger partial charge in [0.25, 0.3) is 0 Å². The number of allylic oxidation sites excluding steroid dienone is 3. The van der Waals surface area contributed by atoms with Gasteiger partial charge in [-0.2, -0.15) is 0 Å². The summed E-state index contributed by atoms with van der Waals surface area (Å²) in [6, 6.07) is 0. The van der Waals surface area contributed by atoms with Crippen LogP contribution in [0.3, 0.4) is 0 Å². The molecule has 0 aliphatic carbocycles. The molecule has 0 aliphatic heterocycles. The molecule has 0 aliphatic rings. The van der Waals surface area contributed by atoms with Gasteiger partial charge in [-0.15, -0.1) is 0 Å². The Kier molecular flexibility index (Phi) is 9.03. The topological polar surface area (TPSA) is 105 Å². The van der Waals surface area contributed by atoms with E-state index in [0.717, 1.165) is 5.57 Å². The van der Waals surface area contributed by atoms with Gasteiger partial charge in [0, 0.05) is 0 Å². The third kappa shape index (κ3) is 9.46. The average molecular weight is 282 g/mol. The van der Waals surface area contributed by atoms with Crippen molar-refractivity contribution in [2.24, 2.45) is 0 Å². The molecule has 0 saturated carbocycles. The Balaban J connectivity index is 3.99. The minimum Gasteiger partial charge on any atom is -0.480 e. The number of carbonyl (C=O) groups is 3. The summed E-state index contributed by atoms with van der Waals surface area (Å²) in [5.41, 5.74) is 0.743. The van der Waals surface area contributed by atoms with E-state index in [1.165, 1.54) is 0 Å². The Bertz CT molecular complexity index is 426. The van der Waals surface area contributed by atoms with Crippen molar-refractivity contribution in [2.45, 2.75) is 6.92 Å². The van der Waals surface area contributed by atoms with E-state index in [0.29, 0.717) is 0 Å². The fourth-order valence-corrected chi connectivity index (χ4v) is 1.11. The third-order valence-electron chi connectivity index (χ3n) is 1.91. The predicted molar refractivity (Wildman–Crippen MR) is 73.1 cm³/mol. The number of aliphatic carboxylic acids is 1. The van der Waals surface area contributed by atoms with Crippen LogP contribution in [-0.2, 0) is 14.3 Å². The number of hydrogen-bond donors (Lipinski definition) is 3. The van der Waals surface area contributed by atoms with Crippen molar-refractivity contribution in [2.75, 3.05) is 19.7 Å². The molecule has 20 heavy (non-hydrogen) atoms. The van der Waals surface area contributed by atoms with Gasteiger partial charge in [0.05, 0.1) is 0 Å². The Morgan fingerprint density at radius 3 is 2.50 bits per heavy atom. The molecule has 0 spiro atoms. The van der Waals surface area contributed by atoms with E-state index >= 15 is 0 Å². The largest absolute Gasteiger partial charge is 0.480 e. The van der Waals surface area contributed by atoms with Crippen molar-refractivity contribution in [3.63, 3.8) is 0 Å². The SMILES string of the molecule is C=C/C=C(\C=C/C)COC(=O)NCC(=O)NCC(=O)O. The van der Waals surface area contributed by atoms with E-state index in [1.54, 1.807) is 24.3 Å². The highest BCUT2D eigenvalue weighted by Gasteiger charge is 2.07. The Labute approximate surface area is 117 Å². The lowest BCUT2D eigenvalue weighted by atomic mass is 10.2. The fraction of sp³-hybridized carbons (Fsp3) is 0.308. The van der Waals surface area contributed by atoms with Gasteiger partial charge in [-0.3, -0.25) is 9.59 Å². The maximum atomic E-state index is 11.3. The zero-order chi connectivity index (χ0) is 15.4. The summed E-state index contributed by atoms with van der Waals surface area (Å²) in [5, 5.41) is 12.6. The summed E-state index contributed by atoms with van der Waals surface area (Å²) >= 11 is 0. The van der Waals surface area contributed by atoms with E-state index in [2.05, 4.69) is 17.2 Å². The average Bonchev–Trinajstić information content (AvgIpc) is 2.40. The van der Waals surface area contributed by atoms with Crippen LogP contribution in [0.15, 0.2) is 36.5 Å². The summed E-state index contributed by atoms with van der Waals surface area (Å²) in [6.45, 7) is 4.55. The lowest BCUT2D eigenvalue weighted by molar-refractivity contribution is -0.137. The first kappa shape index (κ1) is 17.4. The maximum absolute atomic E-state index is 11.3. The molecule has 0 fully saturated rings. The minimum atomic E-state index is -1.16. The van der Waals surface area contributed by atoms with Crippen LogP contribution in [0, 0.1) is 0 Å². The second-order valence-electron chi connectivity index (χ2n) is 3.58. The van der Waals surface area contributed by atoms with E-state index in [9.17, 15) is 14.4 Å². The monoisotopic (exact) mass is 282 g/mol. The molecule has 0 atom stereocenters. The van der Waals surface area contributed by atoms with Crippen LogP contribution in [0.5, 0.6) is 0 Å². The molecule has 2 amide bonds. The zero-order valence-corrected chi connectivity index (χ0v) is 11.2. The number of hydrogen-bond acceptors (Lipinski definition) is 4. The smallest absolute Gasteiger partial charge is 0.407 e. The Hall–Kier alpha value is -2.57. The third-order valence-corrected chi connectivity index (χ3v) is 1.91. The molecule has 0 aromatic rings. The number of amides is 2. The van der Waals surface area contributed by atoms with Crippen LogP contribution in [-0.4, -0.2) is 42.8 Å². The predicted octanol–water partition coefficient (Wildman–Crippen LogP) is 0.602. The second kappa shape index (κ2) is 10.4. The zero-order valence-electron chi connectivity index (χ0n) is 11.2. The number of alkyl carbamates (subject to hydrolysis) is 1. The molecule has 0 radical (unpaired) electrons. The highest BCUT2D eigenvalue weighted by molar-refractivity contribution is 5.85. The molecule has 0 rings (SSSR count). The molecule has 7 nitrogen and oxygen atoms in total. The van der Waals surface area contributed by atoms with Crippen LogP contribution >= 0.6 is 0 Å². The van der Waals surface area contributed by atoms with Crippen molar-refractivity contribution in [1.29, 1.82) is 0 Å². The van der Waals surface area contributed by atoms with Crippen molar-refractivity contribution >= 4 is 18.0 Å². The first-order chi connectivity index (χ1) is 9.49. The van der Waals surface area contributed by atoms with E-state index in [1.807, 2.05) is 6.92 Å². The van der Waals surface area contributed by atoms with Gasteiger partial charge in [-0.1, -0.05) is 30.9 Å². The molecule has 3 N–H and O–H groups in total. The Morgan fingerprint density at radius 1 is 1.25 bits per heavy atom. The van der Waals surface area contributed by atoms with Crippen LogP contribution in [0.2, 0.25) is 0 Å². The lowest BCUT2D eigenvalue weighted by Crippen LogP contribution is -2.39. The number of carboxylic acids is 1. The summed E-state index contributed by atoms with van der Waals surface area (Å²) < 4.78 is 4.87. The fourth-order valence-electron chi connectivity index (χ4n) is 1.11. The molecule has 0 saturated heterocycles. The van der Waals surface area contributed by atoms with Gasteiger partial charge in [0.2, 0.25) is 5.91 Å². The van der Waals surface area contributed by atoms with Crippen LogP contribution < -0.4 is 10.6 Å². The van der Waals surface area contributed by atoms with Gasteiger partial charge in [0.15, 0.2) is 0 Å². The summed E-state index contributed by atoms with van der Waals surface area (Å²) in [5.74, 6) is -1.77. The van der Waals surface area contributed by atoms with Crippen LogP contribution in [0.4, 0.5) is 4.79 Å². The molecule has 7 heteroatoms. The summed E-state index contributed by atoms with van der Waals surface area (Å²) in [6.07, 6.45) is 6.03. The molecule has 0 aromatic heterocycles. The van der Waals surface area contributed by atoms with Gasteiger partial charge >= 0.3 is 12.1 Å². The quantitative estimate of drug-likeness (QED) is 0.565. The van der Waals surface area contributed by atoms with E-state index in [-0.39, 0.29) is 13.2 Å². The summed E-state index contributed by atoms with van der Waals surface area (Å²) in [7, 11) is 0. The molecule has 0 unspecified atom stereocenters. The van der Waals surface area contributed by atoms with Gasteiger partial charge in [-0.05, 0) is 12.5 Å². The molecule has 110 valence electrons. The molecule has 0 aromatic carbocycles. The standard InChI is InChI=1S/C13H18N2O5/c1-3-5-10(6-4-2)9-20-13(19)15-7-11(16)14-8-12(17)18/h3-6H,1,7-9H2,2H3,(H,14,16)(H,15,19)(H,17,18)/b6-4-,10-5+. The van der Waals surface area contributed by atoms with Gasteiger partial charge < -0.3 is 20.5 Å². The first-order valence-electron chi connectivity index (χ1n) is 5.83. The molecule has 0 heterocycles. The second-order valence-corrected chi connectivity index (χ2v) is 3.58. The van der Waals surface area contributed by atoms with Crippen LogP contribution in [0.25, 0.3) is 0 Å². The van der Waals surface area contributed by atoms with Gasteiger partial charge in [-0.25, -0.2) is 4.79 Å². The maximum Gasteiger partial charge on any atom is 0.407 e. The highest BCUT2D eigenvalue weighted by atomic mass is 16.5. The lowest BCUT2D eigenvalue weighted by Gasteiger charge is -2.07. The number of carbonyl (C=O) groups excluding carboxylic acids is 2. The van der Waals surface area contributed by atoms with Crippen molar-refractivity contribution in [3.8, 4) is 0 Å². The number of nitrogens with one attached hydrogen (secondary N) is 2. The number of carboxylic acid groups (broad SMARTS) is 1. The molecular formula is C13H18N2O5. The van der Waals surface area contributed by atoms with E-state index < -0.39 is 24.5 Å². The number of ether oxygens (including phenoxy) is 1. The van der Waals surface area contributed by atoms with E-state index in [4.69, 9.17) is 9.84 Å². The van der Waals surface area contributed by atoms with Crippen molar-refractivity contribution in [1.82, 2.24) is 10.6 Å².